The van der Waals surface area contributed by atoms with Crippen LogP contribution < -0.4 is 0 Å². The second-order valence-electron chi connectivity index (χ2n) is 3.97. The predicted octanol–water partition coefficient (Wildman–Crippen LogP) is 4.66. The van der Waals surface area contributed by atoms with Gasteiger partial charge in [-0.1, -0.05) is 48.0 Å². The van der Waals surface area contributed by atoms with Crippen LogP contribution in [0.15, 0.2) is 48.5 Å². The molecule has 0 saturated heterocycles. The fourth-order valence-electron chi connectivity index (χ4n) is 1.81. The largest absolute Gasteiger partial charge is 0.303 e. The van der Waals surface area contributed by atoms with Crippen molar-refractivity contribution in [2.45, 2.75) is 13.0 Å². The summed E-state index contributed by atoms with van der Waals surface area (Å²) in [5, 5.41) is 0.662. The molecule has 0 N–H and O–H groups in total. The Morgan fingerprint density at radius 1 is 1.12 bits per heavy atom. The predicted molar refractivity (Wildman–Crippen MR) is 71.1 cm³/mol. The second-order valence-corrected chi connectivity index (χ2v) is 4.37. The van der Waals surface area contributed by atoms with Gasteiger partial charge >= 0.3 is 0 Å². The molecule has 0 fully saturated rings. The van der Waals surface area contributed by atoms with Crippen molar-refractivity contribution in [2.75, 3.05) is 0 Å². The molecule has 2 aromatic carbocycles. The van der Waals surface area contributed by atoms with E-state index in [1.54, 1.807) is 0 Å². The lowest BCUT2D eigenvalue weighted by molar-refractivity contribution is 1.02. The Bertz CT molecular complexity index is 555. The first-order chi connectivity index (χ1) is 8.22. The summed E-state index contributed by atoms with van der Waals surface area (Å²) in [6.45, 7) is 9.34. The SMILES string of the molecule is [C-]#[N+]C(c1ccccc1)c1ccc(C)cc1Cl. The minimum Gasteiger partial charge on any atom is -0.303 e. The molecule has 0 heterocycles. The summed E-state index contributed by atoms with van der Waals surface area (Å²) in [5.41, 5.74) is 2.96. The highest BCUT2D eigenvalue weighted by Crippen LogP contribution is 2.31. The van der Waals surface area contributed by atoms with Gasteiger partial charge in [0, 0.05) is 5.56 Å². The molecular weight excluding hydrogens is 230 g/mol. The lowest BCUT2D eigenvalue weighted by Crippen LogP contribution is -1.97. The zero-order chi connectivity index (χ0) is 12.3. The number of nitrogens with zero attached hydrogens (tertiary/aromatic N) is 1. The van der Waals surface area contributed by atoms with E-state index in [4.69, 9.17) is 18.2 Å². The molecule has 0 aromatic heterocycles. The van der Waals surface area contributed by atoms with Crippen LogP contribution in [0.25, 0.3) is 4.85 Å². The Labute approximate surface area is 106 Å². The van der Waals surface area contributed by atoms with Crippen molar-refractivity contribution in [2.24, 2.45) is 0 Å². The normalized spacial score (nSPS) is 11.8. The second kappa shape index (κ2) is 5.03. The molecule has 84 valence electrons. The number of hydrogen-bond donors (Lipinski definition) is 0. The molecule has 0 radical (unpaired) electrons. The first-order valence-corrected chi connectivity index (χ1v) is 5.77. The van der Waals surface area contributed by atoms with Gasteiger partial charge in [-0.2, -0.15) is 0 Å². The maximum Gasteiger partial charge on any atom is 0.275 e. The molecule has 0 aliphatic rings. The molecule has 0 spiro atoms. The number of halogens is 1. The van der Waals surface area contributed by atoms with E-state index >= 15 is 0 Å². The Morgan fingerprint density at radius 2 is 1.82 bits per heavy atom. The molecule has 17 heavy (non-hydrogen) atoms. The Kier molecular flexibility index (Phi) is 3.46. The summed E-state index contributed by atoms with van der Waals surface area (Å²) in [4.78, 5) is 3.68. The van der Waals surface area contributed by atoms with Gasteiger partial charge in [-0.15, -0.1) is 0 Å². The van der Waals surface area contributed by atoms with Crippen LogP contribution in [0.4, 0.5) is 0 Å². The molecule has 0 aliphatic carbocycles. The number of hydrogen-bond acceptors (Lipinski definition) is 0. The van der Waals surface area contributed by atoms with Crippen LogP contribution in [0.2, 0.25) is 5.02 Å². The molecule has 1 unspecified atom stereocenters. The molecule has 0 amide bonds. The summed E-state index contributed by atoms with van der Waals surface area (Å²) < 4.78 is 0. The molecule has 1 atom stereocenters. The van der Waals surface area contributed by atoms with Crippen molar-refractivity contribution in [1.82, 2.24) is 0 Å². The van der Waals surface area contributed by atoms with Gasteiger partial charge in [0.15, 0.2) is 0 Å². The van der Waals surface area contributed by atoms with E-state index in [0.717, 1.165) is 16.7 Å². The standard InChI is InChI=1S/C15H12ClN/c1-11-8-9-13(14(16)10-11)15(17-2)12-6-4-3-5-7-12/h3-10,15H,1H3. The highest BCUT2D eigenvalue weighted by molar-refractivity contribution is 6.31. The first-order valence-electron chi connectivity index (χ1n) is 5.40. The molecule has 0 bridgehead atoms. The summed E-state index contributed by atoms with van der Waals surface area (Å²) in [6.07, 6.45) is 0. The van der Waals surface area contributed by atoms with Gasteiger partial charge < -0.3 is 4.85 Å². The van der Waals surface area contributed by atoms with Gasteiger partial charge in [0.25, 0.3) is 6.04 Å². The minimum atomic E-state index is -0.315. The highest BCUT2D eigenvalue weighted by atomic mass is 35.5. The van der Waals surface area contributed by atoms with Crippen molar-refractivity contribution in [1.29, 1.82) is 0 Å². The molecule has 2 aromatic rings. The lowest BCUT2D eigenvalue weighted by atomic mass is 9.98. The third kappa shape index (κ3) is 2.49. The van der Waals surface area contributed by atoms with Crippen molar-refractivity contribution < 1.29 is 0 Å². The van der Waals surface area contributed by atoms with Gasteiger partial charge in [0.2, 0.25) is 0 Å². The van der Waals surface area contributed by atoms with Crippen molar-refractivity contribution in [3.05, 3.63) is 81.7 Å². The van der Waals surface area contributed by atoms with Crippen LogP contribution in [0, 0.1) is 13.5 Å². The van der Waals surface area contributed by atoms with Crippen LogP contribution >= 0.6 is 11.6 Å². The summed E-state index contributed by atoms with van der Waals surface area (Å²) in [7, 11) is 0. The number of benzene rings is 2. The Morgan fingerprint density at radius 3 is 2.41 bits per heavy atom. The van der Waals surface area contributed by atoms with E-state index in [0.29, 0.717) is 5.02 Å². The molecule has 0 saturated carbocycles. The Hall–Kier alpha value is -1.78. The number of rotatable bonds is 2. The van der Waals surface area contributed by atoms with Crippen LogP contribution in [0.1, 0.15) is 22.7 Å². The zero-order valence-corrected chi connectivity index (χ0v) is 10.3. The summed E-state index contributed by atoms with van der Waals surface area (Å²) in [5.74, 6) is 0. The van der Waals surface area contributed by atoms with E-state index in [1.165, 1.54) is 0 Å². The topological polar surface area (TPSA) is 4.36 Å². The summed E-state index contributed by atoms with van der Waals surface area (Å²) >= 11 is 6.21. The maximum absolute atomic E-state index is 7.35. The fourth-order valence-corrected chi connectivity index (χ4v) is 2.15. The highest BCUT2D eigenvalue weighted by Gasteiger charge is 2.20. The van der Waals surface area contributed by atoms with Crippen LogP contribution in [0.3, 0.4) is 0 Å². The monoisotopic (exact) mass is 241 g/mol. The van der Waals surface area contributed by atoms with Gasteiger partial charge in [-0.3, -0.25) is 0 Å². The lowest BCUT2D eigenvalue weighted by Gasteiger charge is -2.08. The quantitative estimate of drug-likeness (QED) is 0.674. The average Bonchev–Trinajstić information content (AvgIpc) is 2.34. The van der Waals surface area contributed by atoms with Crippen molar-refractivity contribution >= 4 is 11.6 Å². The van der Waals surface area contributed by atoms with Crippen LogP contribution in [-0.2, 0) is 0 Å². The zero-order valence-electron chi connectivity index (χ0n) is 9.52. The summed E-state index contributed by atoms with van der Waals surface area (Å²) in [6, 6.07) is 15.3. The minimum absolute atomic E-state index is 0.315. The van der Waals surface area contributed by atoms with Gasteiger partial charge in [-0.05, 0) is 24.6 Å². The van der Waals surface area contributed by atoms with Gasteiger partial charge in [0.05, 0.1) is 10.6 Å². The van der Waals surface area contributed by atoms with Crippen molar-refractivity contribution in [3.8, 4) is 0 Å². The molecule has 2 heteroatoms. The maximum atomic E-state index is 7.35. The molecule has 2 rings (SSSR count). The molecule has 1 nitrogen and oxygen atoms in total. The van der Waals surface area contributed by atoms with Crippen LogP contribution in [0.5, 0.6) is 0 Å². The third-order valence-electron chi connectivity index (χ3n) is 2.69. The fraction of sp³-hybridized carbons (Fsp3) is 0.133. The third-order valence-corrected chi connectivity index (χ3v) is 3.02. The molecular formula is C15H12ClN. The number of aryl methyl sites for hydroxylation is 1. The van der Waals surface area contributed by atoms with E-state index < -0.39 is 0 Å². The van der Waals surface area contributed by atoms with Gasteiger partial charge in [-0.25, -0.2) is 6.57 Å². The average molecular weight is 242 g/mol. The van der Waals surface area contributed by atoms with E-state index in [-0.39, 0.29) is 6.04 Å². The first kappa shape index (κ1) is 11.7. The van der Waals surface area contributed by atoms with Gasteiger partial charge in [0.1, 0.15) is 0 Å². The van der Waals surface area contributed by atoms with E-state index in [9.17, 15) is 0 Å². The van der Waals surface area contributed by atoms with Crippen molar-refractivity contribution in [3.63, 3.8) is 0 Å². The molecule has 0 aliphatic heterocycles. The van der Waals surface area contributed by atoms with Crippen LogP contribution in [-0.4, -0.2) is 0 Å². The van der Waals surface area contributed by atoms with E-state index in [1.807, 2.05) is 55.5 Å². The van der Waals surface area contributed by atoms with E-state index in [2.05, 4.69) is 4.85 Å². The Balaban J connectivity index is 2.47. The smallest absolute Gasteiger partial charge is 0.275 e.